The van der Waals surface area contributed by atoms with E-state index in [-0.39, 0.29) is 24.0 Å². The van der Waals surface area contributed by atoms with E-state index in [2.05, 4.69) is 27.8 Å². The molecule has 0 aromatic carbocycles. The molecular weight excluding hydrogens is 451 g/mol. The SMILES string of the molecule is CCCCCCCCCNC(=NCc1nnc(C)n1C)NC1CCCC1.I. The summed E-state index contributed by atoms with van der Waals surface area (Å²) in [4.78, 5) is 4.76. The number of halogens is 1. The van der Waals surface area contributed by atoms with Crippen LogP contribution in [0.15, 0.2) is 4.99 Å². The highest BCUT2D eigenvalue weighted by atomic mass is 127. The standard InChI is InChI=1S/C20H38N6.HI/c1-4-5-6-7-8-9-12-15-21-20(23-18-13-10-11-14-18)22-16-19-25-24-17(2)26(19)3;/h18H,4-16H2,1-3H3,(H2,21,22,23);1H. The van der Waals surface area contributed by atoms with E-state index in [0.29, 0.717) is 12.6 Å². The number of nitrogens with zero attached hydrogens (tertiary/aromatic N) is 4. The van der Waals surface area contributed by atoms with Crippen molar-refractivity contribution in [2.24, 2.45) is 12.0 Å². The summed E-state index contributed by atoms with van der Waals surface area (Å²) in [6.07, 6.45) is 14.5. The molecule has 1 aromatic heterocycles. The molecule has 2 N–H and O–H groups in total. The summed E-state index contributed by atoms with van der Waals surface area (Å²) < 4.78 is 2.01. The fraction of sp³-hybridized carbons (Fsp3) is 0.850. The zero-order valence-corrected chi connectivity index (χ0v) is 19.8. The van der Waals surface area contributed by atoms with Crippen LogP contribution in [0, 0.1) is 6.92 Å². The Bertz CT molecular complexity index is 537. The molecule has 1 heterocycles. The molecule has 1 aliphatic rings. The maximum absolute atomic E-state index is 4.76. The maximum Gasteiger partial charge on any atom is 0.191 e. The van der Waals surface area contributed by atoms with E-state index in [9.17, 15) is 0 Å². The van der Waals surface area contributed by atoms with Crippen molar-refractivity contribution >= 4 is 29.9 Å². The van der Waals surface area contributed by atoms with Crippen molar-refractivity contribution in [2.45, 2.75) is 97.1 Å². The first-order valence-corrected chi connectivity index (χ1v) is 10.6. The molecule has 1 fully saturated rings. The van der Waals surface area contributed by atoms with Gasteiger partial charge in [0.05, 0.1) is 0 Å². The van der Waals surface area contributed by atoms with Gasteiger partial charge in [-0.3, -0.25) is 0 Å². The van der Waals surface area contributed by atoms with Crippen molar-refractivity contribution in [2.75, 3.05) is 6.54 Å². The van der Waals surface area contributed by atoms with Gasteiger partial charge in [-0.1, -0.05) is 58.3 Å². The van der Waals surface area contributed by atoms with Crippen molar-refractivity contribution in [3.8, 4) is 0 Å². The van der Waals surface area contributed by atoms with E-state index in [1.54, 1.807) is 0 Å². The molecule has 0 bridgehead atoms. The van der Waals surface area contributed by atoms with Crippen molar-refractivity contribution in [1.82, 2.24) is 25.4 Å². The fourth-order valence-corrected chi connectivity index (χ4v) is 3.44. The van der Waals surface area contributed by atoms with Gasteiger partial charge in [0.25, 0.3) is 0 Å². The van der Waals surface area contributed by atoms with E-state index < -0.39 is 0 Å². The molecular formula is C20H39IN6. The van der Waals surface area contributed by atoms with Crippen LogP contribution in [0.5, 0.6) is 0 Å². The number of aliphatic imine (C=N–C) groups is 1. The summed E-state index contributed by atoms with van der Waals surface area (Å²) >= 11 is 0. The Morgan fingerprint density at radius 1 is 1.07 bits per heavy atom. The summed E-state index contributed by atoms with van der Waals surface area (Å²) in [7, 11) is 2.00. The Hall–Kier alpha value is -0.860. The Labute approximate surface area is 182 Å². The highest BCUT2D eigenvalue weighted by molar-refractivity contribution is 14.0. The van der Waals surface area contributed by atoms with Crippen molar-refractivity contribution < 1.29 is 0 Å². The second kappa shape index (κ2) is 14.2. The van der Waals surface area contributed by atoms with Crippen LogP contribution >= 0.6 is 24.0 Å². The molecule has 0 radical (unpaired) electrons. The summed E-state index contributed by atoms with van der Waals surface area (Å²) in [6.45, 7) is 5.79. The zero-order chi connectivity index (χ0) is 18.6. The highest BCUT2D eigenvalue weighted by Crippen LogP contribution is 2.17. The summed E-state index contributed by atoms with van der Waals surface area (Å²) in [5.74, 6) is 2.77. The molecule has 2 rings (SSSR count). The number of aromatic nitrogens is 3. The van der Waals surface area contributed by atoms with Crippen molar-refractivity contribution in [3.05, 3.63) is 11.6 Å². The summed E-state index contributed by atoms with van der Waals surface area (Å²) in [5, 5.41) is 15.5. The molecule has 0 spiro atoms. The predicted molar refractivity (Wildman–Crippen MR) is 124 cm³/mol. The third-order valence-corrected chi connectivity index (χ3v) is 5.33. The lowest BCUT2D eigenvalue weighted by Gasteiger charge is -2.17. The van der Waals surface area contributed by atoms with Crippen LogP contribution in [0.2, 0.25) is 0 Å². The smallest absolute Gasteiger partial charge is 0.191 e. The lowest BCUT2D eigenvalue weighted by molar-refractivity contribution is 0.575. The first-order valence-electron chi connectivity index (χ1n) is 10.6. The van der Waals surface area contributed by atoms with Gasteiger partial charge in [-0.25, -0.2) is 4.99 Å². The number of hydrogen-bond acceptors (Lipinski definition) is 3. The normalized spacial score (nSPS) is 15.0. The number of hydrogen-bond donors (Lipinski definition) is 2. The number of unbranched alkanes of at least 4 members (excludes halogenated alkanes) is 6. The summed E-state index contributed by atoms with van der Waals surface area (Å²) in [6, 6.07) is 0.566. The summed E-state index contributed by atoms with van der Waals surface area (Å²) in [5.41, 5.74) is 0. The Balaban J connectivity index is 0.00000364. The molecule has 0 atom stereocenters. The third kappa shape index (κ3) is 9.25. The van der Waals surface area contributed by atoms with Gasteiger partial charge in [0.2, 0.25) is 0 Å². The van der Waals surface area contributed by atoms with Crippen LogP contribution in [-0.4, -0.2) is 33.3 Å². The molecule has 1 saturated carbocycles. The third-order valence-electron chi connectivity index (χ3n) is 5.33. The minimum absolute atomic E-state index is 0. The van der Waals surface area contributed by atoms with Crippen LogP contribution < -0.4 is 10.6 Å². The molecule has 7 heteroatoms. The number of nitrogens with one attached hydrogen (secondary N) is 2. The molecule has 0 unspecified atom stereocenters. The fourth-order valence-electron chi connectivity index (χ4n) is 3.44. The molecule has 0 amide bonds. The van der Waals surface area contributed by atoms with Gasteiger partial charge in [0.1, 0.15) is 12.4 Å². The van der Waals surface area contributed by atoms with Gasteiger partial charge in [-0.15, -0.1) is 34.2 Å². The van der Waals surface area contributed by atoms with E-state index >= 15 is 0 Å². The van der Waals surface area contributed by atoms with Crippen LogP contribution in [-0.2, 0) is 13.6 Å². The monoisotopic (exact) mass is 490 g/mol. The van der Waals surface area contributed by atoms with Crippen LogP contribution in [0.25, 0.3) is 0 Å². The molecule has 0 saturated heterocycles. The second-order valence-corrected chi connectivity index (χ2v) is 7.56. The number of rotatable bonds is 11. The lowest BCUT2D eigenvalue weighted by Crippen LogP contribution is -2.42. The van der Waals surface area contributed by atoms with Gasteiger partial charge in [0, 0.05) is 19.6 Å². The largest absolute Gasteiger partial charge is 0.356 e. The molecule has 1 aliphatic carbocycles. The minimum atomic E-state index is 0. The van der Waals surface area contributed by atoms with Crippen LogP contribution in [0.4, 0.5) is 0 Å². The number of aryl methyl sites for hydroxylation is 1. The minimum Gasteiger partial charge on any atom is -0.356 e. The average molecular weight is 490 g/mol. The second-order valence-electron chi connectivity index (χ2n) is 7.56. The molecule has 27 heavy (non-hydrogen) atoms. The molecule has 1 aromatic rings. The molecule has 156 valence electrons. The quantitative estimate of drug-likeness (QED) is 0.208. The first-order chi connectivity index (χ1) is 12.7. The van der Waals surface area contributed by atoms with E-state index in [1.165, 1.54) is 70.6 Å². The maximum atomic E-state index is 4.76. The van der Waals surface area contributed by atoms with Gasteiger partial charge >= 0.3 is 0 Å². The Morgan fingerprint density at radius 3 is 2.37 bits per heavy atom. The van der Waals surface area contributed by atoms with Gasteiger partial charge in [0.15, 0.2) is 11.8 Å². The Morgan fingerprint density at radius 2 is 1.74 bits per heavy atom. The lowest BCUT2D eigenvalue weighted by atomic mass is 10.1. The van der Waals surface area contributed by atoms with E-state index in [0.717, 1.165) is 24.2 Å². The van der Waals surface area contributed by atoms with Gasteiger partial charge in [-0.05, 0) is 26.2 Å². The predicted octanol–water partition coefficient (Wildman–Crippen LogP) is 4.47. The number of guanidine groups is 1. The highest BCUT2D eigenvalue weighted by Gasteiger charge is 2.16. The topological polar surface area (TPSA) is 67.1 Å². The van der Waals surface area contributed by atoms with Crippen molar-refractivity contribution in [3.63, 3.8) is 0 Å². The molecule has 0 aliphatic heterocycles. The molecule has 6 nitrogen and oxygen atoms in total. The van der Waals surface area contributed by atoms with Crippen molar-refractivity contribution in [1.29, 1.82) is 0 Å². The average Bonchev–Trinajstić information content (AvgIpc) is 3.26. The van der Waals surface area contributed by atoms with Crippen LogP contribution in [0.3, 0.4) is 0 Å². The Kier molecular flexibility index (Phi) is 12.7. The van der Waals surface area contributed by atoms with Crippen LogP contribution in [0.1, 0.15) is 89.2 Å². The van der Waals surface area contributed by atoms with Gasteiger partial charge < -0.3 is 15.2 Å². The van der Waals surface area contributed by atoms with E-state index in [4.69, 9.17) is 4.99 Å². The van der Waals surface area contributed by atoms with Gasteiger partial charge in [-0.2, -0.15) is 0 Å². The zero-order valence-electron chi connectivity index (χ0n) is 17.5. The first kappa shape index (κ1) is 24.2. The van der Waals surface area contributed by atoms with E-state index in [1.807, 2.05) is 18.5 Å².